The Morgan fingerprint density at radius 3 is 2.41 bits per heavy atom. The van der Waals surface area contributed by atoms with Crippen molar-refractivity contribution in [3.05, 3.63) is 35.4 Å². The highest BCUT2D eigenvalue weighted by Gasteiger charge is 2.31. The van der Waals surface area contributed by atoms with Crippen LogP contribution in [0.5, 0.6) is 0 Å². The molecule has 1 aromatic rings. The lowest BCUT2D eigenvalue weighted by Crippen LogP contribution is -2.53. The molecule has 8 heteroatoms. The maximum absolute atomic E-state index is 12.8. The second-order valence-corrected chi connectivity index (χ2v) is 7.96. The summed E-state index contributed by atoms with van der Waals surface area (Å²) in [6.07, 6.45) is -1.20. The zero-order valence-electron chi connectivity index (χ0n) is 16.7. The summed E-state index contributed by atoms with van der Waals surface area (Å²) in [6.45, 7) is 5.43. The summed E-state index contributed by atoms with van der Waals surface area (Å²) in [5, 5.41) is 0. The van der Waals surface area contributed by atoms with Gasteiger partial charge in [-0.25, -0.2) is 0 Å². The van der Waals surface area contributed by atoms with Gasteiger partial charge in [-0.1, -0.05) is 18.2 Å². The van der Waals surface area contributed by atoms with Crippen LogP contribution in [-0.4, -0.2) is 71.8 Å². The number of benzene rings is 1. The Hall–Kier alpha value is -2.09. The average Bonchev–Trinajstić information content (AvgIpc) is 2.68. The van der Waals surface area contributed by atoms with Crippen molar-refractivity contribution >= 4 is 11.8 Å². The van der Waals surface area contributed by atoms with Gasteiger partial charge in [-0.05, 0) is 37.8 Å². The molecule has 3 rings (SSSR count). The van der Waals surface area contributed by atoms with E-state index in [1.807, 2.05) is 4.90 Å². The Morgan fingerprint density at radius 2 is 1.76 bits per heavy atom. The Balaban J connectivity index is 1.48. The molecule has 0 N–H and O–H groups in total. The van der Waals surface area contributed by atoms with Crippen LogP contribution in [0.2, 0.25) is 0 Å². The second kappa shape index (κ2) is 9.15. The minimum Gasteiger partial charge on any atom is -0.340 e. The highest BCUT2D eigenvalue weighted by atomic mass is 19.4. The van der Waals surface area contributed by atoms with Gasteiger partial charge in [0.2, 0.25) is 11.8 Å². The number of hydrogen-bond acceptors (Lipinski definition) is 3. The van der Waals surface area contributed by atoms with Gasteiger partial charge in [0.1, 0.15) is 0 Å². The lowest BCUT2D eigenvalue weighted by Gasteiger charge is -2.38. The molecular formula is C21H28F3N3O2. The number of amides is 2. The molecule has 0 radical (unpaired) electrons. The number of piperazine rings is 1. The van der Waals surface area contributed by atoms with E-state index in [1.165, 1.54) is 6.07 Å². The molecule has 1 atom stereocenters. The predicted octanol–water partition coefficient (Wildman–Crippen LogP) is 2.79. The summed E-state index contributed by atoms with van der Waals surface area (Å²) in [4.78, 5) is 30.7. The number of alkyl halides is 3. The molecule has 2 fully saturated rings. The summed E-state index contributed by atoms with van der Waals surface area (Å²) in [5.41, 5.74) is -0.375. The molecule has 2 saturated heterocycles. The highest BCUT2D eigenvalue weighted by Crippen LogP contribution is 2.29. The first-order valence-corrected chi connectivity index (χ1v) is 10.2. The maximum Gasteiger partial charge on any atom is 0.416 e. The van der Waals surface area contributed by atoms with E-state index >= 15 is 0 Å². The monoisotopic (exact) mass is 411 g/mol. The Morgan fingerprint density at radius 1 is 1.03 bits per heavy atom. The summed E-state index contributed by atoms with van der Waals surface area (Å²) in [7, 11) is 0. The van der Waals surface area contributed by atoms with Crippen molar-refractivity contribution < 1.29 is 22.8 Å². The first-order valence-electron chi connectivity index (χ1n) is 10.2. The lowest BCUT2D eigenvalue weighted by molar-refractivity contribution is -0.139. The Bertz CT molecular complexity index is 730. The SMILES string of the molecule is CC1CCCCN1C(=O)CN1CCN(C(=O)Cc2cccc(C(F)(F)F)c2)CC1. The van der Waals surface area contributed by atoms with Gasteiger partial charge in [0.15, 0.2) is 0 Å². The minimum atomic E-state index is -4.41. The predicted molar refractivity (Wildman–Crippen MR) is 103 cm³/mol. The Kier molecular flexibility index (Phi) is 6.82. The maximum atomic E-state index is 12.8. The van der Waals surface area contributed by atoms with Crippen LogP contribution < -0.4 is 0 Å². The molecular weight excluding hydrogens is 383 g/mol. The average molecular weight is 411 g/mol. The van der Waals surface area contributed by atoms with E-state index in [0.717, 1.165) is 37.9 Å². The molecule has 0 bridgehead atoms. The van der Waals surface area contributed by atoms with Crippen LogP contribution in [0.4, 0.5) is 13.2 Å². The van der Waals surface area contributed by atoms with Gasteiger partial charge in [0.05, 0.1) is 18.5 Å². The molecule has 2 aliphatic rings. The number of piperidine rings is 1. The molecule has 1 unspecified atom stereocenters. The topological polar surface area (TPSA) is 43.9 Å². The van der Waals surface area contributed by atoms with Crippen LogP contribution in [0.3, 0.4) is 0 Å². The third-order valence-corrected chi connectivity index (χ3v) is 5.82. The molecule has 0 spiro atoms. The number of carbonyl (C=O) groups excluding carboxylic acids is 2. The van der Waals surface area contributed by atoms with Crippen LogP contribution in [0, 0.1) is 0 Å². The lowest BCUT2D eigenvalue weighted by atomic mass is 10.0. The van der Waals surface area contributed by atoms with Crippen molar-refractivity contribution in [3.63, 3.8) is 0 Å². The normalized spacial score (nSPS) is 21.3. The first-order chi connectivity index (χ1) is 13.7. The van der Waals surface area contributed by atoms with Crippen molar-refractivity contribution in [2.24, 2.45) is 0 Å². The summed E-state index contributed by atoms with van der Waals surface area (Å²) in [5.74, 6) is -0.0408. The fourth-order valence-electron chi connectivity index (χ4n) is 4.05. The number of rotatable bonds is 4. The fourth-order valence-corrected chi connectivity index (χ4v) is 4.05. The largest absolute Gasteiger partial charge is 0.416 e. The number of carbonyl (C=O) groups is 2. The van der Waals surface area contributed by atoms with Gasteiger partial charge in [0.25, 0.3) is 0 Å². The third kappa shape index (κ3) is 5.72. The molecule has 0 aromatic heterocycles. The van der Waals surface area contributed by atoms with Gasteiger partial charge in [-0.15, -0.1) is 0 Å². The standard InChI is InChI=1S/C21H28F3N3O2/c1-16-5-2-3-8-27(16)20(29)15-25-9-11-26(12-10-25)19(28)14-17-6-4-7-18(13-17)21(22,23)24/h4,6-7,13,16H,2-3,5,8-12,14-15H2,1H3. The molecule has 5 nitrogen and oxygen atoms in total. The minimum absolute atomic E-state index is 0.0475. The van der Waals surface area contributed by atoms with Gasteiger partial charge < -0.3 is 9.80 Å². The van der Waals surface area contributed by atoms with Gasteiger partial charge in [0, 0.05) is 38.8 Å². The van der Waals surface area contributed by atoms with E-state index in [0.29, 0.717) is 38.3 Å². The fraction of sp³-hybridized carbons (Fsp3) is 0.619. The molecule has 160 valence electrons. The van der Waals surface area contributed by atoms with Crippen LogP contribution in [0.1, 0.15) is 37.3 Å². The highest BCUT2D eigenvalue weighted by molar-refractivity contribution is 5.80. The Labute approximate surface area is 169 Å². The van der Waals surface area contributed by atoms with Crippen LogP contribution in [0.15, 0.2) is 24.3 Å². The third-order valence-electron chi connectivity index (χ3n) is 5.82. The first kappa shape index (κ1) is 21.6. The molecule has 2 amide bonds. The van der Waals surface area contributed by atoms with Crippen molar-refractivity contribution in [1.82, 2.24) is 14.7 Å². The van der Waals surface area contributed by atoms with Crippen molar-refractivity contribution in [1.29, 1.82) is 0 Å². The quantitative estimate of drug-likeness (QED) is 0.765. The van der Waals surface area contributed by atoms with E-state index < -0.39 is 11.7 Å². The molecule has 2 aliphatic heterocycles. The number of likely N-dealkylation sites (tertiary alicyclic amines) is 1. The van der Waals surface area contributed by atoms with E-state index in [-0.39, 0.29) is 24.3 Å². The van der Waals surface area contributed by atoms with Gasteiger partial charge >= 0.3 is 6.18 Å². The van der Waals surface area contributed by atoms with Crippen molar-refractivity contribution in [2.75, 3.05) is 39.3 Å². The van der Waals surface area contributed by atoms with Crippen LogP contribution >= 0.6 is 0 Å². The molecule has 0 aliphatic carbocycles. The van der Waals surface area contributed by atoms with Crippen LogP contribution in [0.25, 0.3) is 0 Å². The van der Waals surface area contributed by atoms with E-state index in [2.05, 4.69) is 11.8 Å². The van der Waals surface area contributed by atoms with Crippen LogP contribution in [-0.2, 0) is 22.2 Å². The van der Waals surface area contributed by atoms with Crippen molar-refractivity contribution in [2.45, 2.75) is 44.8 Å². The van der Waals surface area contributed by atoms with Gasteiger partial charge in [-0.3, -0.25) is 14.5 Å². The smallest absolute Gasteiger partial charge is 0.340 e. The second-order valence-electron chi connectivity index (χ2n) is 7.96. The van der Waals surface area contributed by atoms with Crippen molar-refractivity contribution in [3.8, 4) is 0 Å². The zero-order chi connectivity index (χ0) is 21.0. The molecule has 29 heavy (non-hydrogen) atoms. The zero-order valence-corrected chi connectivity index (χ0v) is 16.7. The molecule has 0 saturated carbocycles. The number of halogens is 3. The summed E-state index contributed by atoms with van der Waals surface area (Å²) in [6, 6.07) is 5.20. The molecule has 2 heterocycles. The van der Waals surface area contributed by atoms with E-state index in [1.54, 1.807) is 11.0 Å². The summed E-state index contributed by atoms with van der Waals surface area (Å²) < 4.78 is 38.5. The number of nitrogens with zero attached hydrogens (tertiary/aromatic N) is 3. The van der Waals surface area contributed by atoms with E-state index in [9.17, 15) is 22.8 Å². The summed E-state index contributed by atoms with van der Waals surface area (Å²) >= 11 is 0. The molecule has 1 aromatic carbocycles. The number of hydrogen-bond donors (Lipinski definition) is 0. The van der Waals surface area contributed by atoms with Gasteiger partial charge in [-0.2, -0.15) is 13.2 Å². The van der Waals surface area contributed by atoms with E-state index in [4.69, 9.17) is 0 Å².